The number of aryl methyl sites for hydroxylation is 2. The highest BCUT2D eigenvalue weighted by atomic mass is 16.5. The van der Waals surface area contributed by atoms with Gasteiger partial charge in [0.25, 0.3) is 0 Å². The molecule has 1 N–H and O–H groups in total. The number of ether oxygens (including phenoxy) is 1. The predicted octanol–water partition coefficient (Wildman–Crippen LogP) is 3.98. The number of para-hydroxylation sites is 2. The molecule has 0 aliphatic carbocycles. The first-order valence-corrected chi connectivity index (χ1v) is 9.85. The second-order valence-electron chi connectivity index (χ2n) is 7.23. The van der Waals surface area contributed by atoms with E-state index in [0.717, 1.165) is 30.0 Å². The Hall–Kier alpha value is -3.12. The lowest BCUT2D eigenvalue weighted by atomic mass is 10.1. The molecule has 1 saturated heterocycles. The van der Waals surface area contributed by atoms with Crippen LogP contribution >= 0.6 is 0 Å². The number of hydrogen-bond donors (Lipinski definition) is 1. The minimum absolute atomic E-state index is 0.113. The molecule has 2 aromatic carbocycles. The number of carbonyl (C=O) groups excluding carboxylic acids is 1. The van der Waals surface area contributed by atoms with E-state index in [1.807, 2.05) is 62.4 Å². The van der Waals surface area contributed by atoms with E-state index in [0.29, 0.717) is 30.6 Å². The summed E-state index contributed by atoms with van der Waals surface area (Å²) in [6, 6.07) is 15.8. The molecule has 0 bridgehead atoms. The van der Waals surface area contributed by atoms with Crippen molar-refractivity contribution in [3.63, 3.8) is 0 Å². The summed E-state index contributed by atoms with van der Waals surface area (Å²) in [5.74, 6) is 1.09. The fraction of sp³-hybridized carbons (Fsp3) is 0.304. The molecule has 0 spiro atoms. The lowest BCUT2D eigenvalue weighted by molar-refractivity contribution is -0.115. The summed E-state index contributed by atoms with van der Waals surface area (Å²) < 4.78 is 11.2. The van der Waals surface area contributed by atoms with Crippen LogP contribution in [0.2, 0.25) is 0 Å². The Kier molecular flexibility index (Phi) is 5.62. The first-order chi connectivity index (χ1) is 14.1. The van der Waals surface area contributed by atoms with Gasteiger partial charge in [-0.25, -0.2) is 4.98 Å². The molecule has 1 fully saturated rings. The topological polar surface area (TPSA) is 67.6 Å². The molecule has 0 radical (unpaired) electrons. The van der Waals surface area contributed by atoms with Crippen LogP contribution in [0.3, 0.4) is 0 Å². The second kappa shape index (κ2) is 8.49. The third-order valence-electron chi connectivity index (χ3n) is 5.05. The number of hydrogen-bond acceptors (Lipinski definition) is 5. The van der Waals surface area contributed by atoms with Crippen molar-refractivity contribution in [3.8, 4) is 11.5 Å². The number of anilines is 2. The van der Waals surface area contributed by atoms with Crippen LogP contribution < -0.4 is 10.2 Å². The molecule has 1 aliphatic heterocycles. The van der Waals surface area contributed by atoms with Gasteiger partial charge in [0.05, 0.1) is 36.7 Å². The van der Waals surface area contributed by atoms with Gasteiger partial charge in [-0.2, -0.15) is 0 Å². The van der Waals surface area contributed by atoms with Crippen molar-refractivity contribution in [1.82, 2.24) is 4.98 Å². The van der Waals surface area contributed by atoms with Crippen molar-refractivity contribution in [2.45, 2.75) is 20.3 Å². The maximum absolute atomic E-state index is 12.7. The number of benzene rings is 2. The largest absolute Gasteiger partial charge is 0.441 e. The monoisotopic (exact) mass is 391 g/mol. The highest BCUT2D eigenvalue weighted by molar-refractivity contribution is 5.95. The number of nitrogens with one attached hydrogen (secondary N) is 1. The van der Waals surface area contributed by atoms with Gasteiger partial charge in [-0.15, -0.1) is 0 Å². The Labute approximate surface area is 170 Å². The van der Waals surface area contributed by atoms with Crippen LogP contribution in [0.4, 0.5) is 11.4 Å². The quantitative estimate of drug-likeness (QED) is 0.713. The summed E-state index contributed by atoms with van der Waals surface area (Å²) >= 11 is 0. The van der Waals surface area contributed by atoms with Gasteiger partial charge < -0.3 is 19.4 Å². The van der Waals surface area contributed by atoms with Crippen molar-refractivity contribution < 1.29 is 13.9 Å². The zero-order valence-corrected chi connectivity index (χ0v) is 16.8. The van der Waals surface area contributed by atoms with Crippen molar-refractivity contribution in [2.24, 2.45) is 0 Å². The predicted molar refractivity (Wildman–Crippen MR) is 113 cm³/mol. The number of aromatic nitrogens is 1. The highest BCUT2D eigenvalue weighted by Gasteiger charge is 2.18. The van der Waals surface area contributed by atoms with Crippen LogP contribution in [-0.2, 0) is 16.0 Å². The summed E-state index contributed by atoms with van der Waals surface area (Å²) in [7, 11) is 0. The summed E-state index contributed by atoms with van der Waals surface area (Å²) in [4.78, 5) is 19.5. The molecule has 3 aromatic rings. The number of nitrogens with zero attached hydrogens (tertiary/aromatic N) is 2. The summed E-state index contributed by atoms with van der Waals surface area (Å²) in [6.45, 7) is 6.90. The molecule has 1 aromatic heterocycles. The average Bonchev–Trinajstić information content (AvgIpc) is 3.09. The Morgan fingerprint density at radius 3 is 2.55 bits per heavy atom. The van der Waals surface area contributed by atoms with Crippen molar-refractivity contribution in [2.75, 3.05) is 36.5 Å². The van der Waals surface area contributed by atoms with E-state index in [1.165, 1.54) is 5.56 Å². The van der Waals surface area contributed by atoms with Crippen LogP contribution in [0.25, 0.3) is 11.5 Å². The normalized spacial score (nSPS) is 14.1. The Morgan fingerprint density at radius 1 is 1.07 bits per heavy atom. The van der Waals surface area contributed by atoms with Crippen molar-refractivity contribution >= 4 is 17.3 Å². The highest BCUT2D eigenvalue weighted by Crippen LogP contribution is 2.27. The standard InChI is InChI=1S/C23H25N3O3/c1-16-7-9-18(10-8-16)23-25-20(17(2)29-23)15-22(27)24-19-5-3-4-6-21(19)26-11-13-28-14-12-26/h3-10H,11-15H2,1-2H3,(H,24,27). The minimum Gasteiger partial charge on any atom is -0.441 e. The SMILES string of the molecule is Cc1ccc(-c2nc(CC(=O)Nc3ccccc3N3CCOCC3)c(C)o2)cc1. The third kappa shape index (κ3) is 4.49. The number of amides is 1. The summed E-state index contributed by atoms with van der Waals surface area (Å²) in [6.07, 6.45) is 0.165. The number of rotatable bonds is 5. The van der Waals surface area contributed by atoms with Crippen LogP contribution in [0.5, 0.6) is 0 Å². The molecule has 0 unspecified atom stereocenters. The van der Waals surface area contributed by atoms with Gasteiger partial charge in [-0.05, 0) is 38.1 Å². The Balaban J connectivity index is 1.47. The lowest BCUT2D eigenvalue weighted by Gasteiger charge is -2.30. The molecule has 29 heavy (non-hydrogen) atoms. The molecule has 150 valence electrons. The van der Waals surface area contributed by atoms with E-state index in [9.17, 15) is 4.79 Å². The van der Waals surface area contributed by atoms with Crippen LogP contribution in [0, 0.1) is 13.8 Å². The Morgan fingerprint density at radius 2 is 1.79 bits per heavy atom. The molecule has 6 heteroatoms. The van der Waals surface area contributed by atoms with E-state index in [4.69, 9.17) is 9.15 Å². The second-order valence-corrected chi connectivity index (χ2v) is 7.23. The first kappa shape index (κ1) is 19.2. The van der Waals surface area contributed by atoms with E-state index < -0.39 is 0 Å². The van der Waals surface area contributed by atoms with Gasteiger partial charge >= 0.3 is 0 Å². The first-order valence-electron chi connectivity index (χ1n) is 9.85. The zero-order chi connectivity index (χ0) is 20.2. The smallest absolute Gasteiger partial charge is 0.230 e. The maximum atomic E-state index is 12.7. The molecule has 1 amide bonds. The molecule has 2 heterocycles. The van der Waals surface area contributed by atoms with Gasteiger partial charge in [0, 0.05) is 18.7 Å². The van der Waals surface area contributed by atoms with Crippen LogP contribution in [0.15, 0.2) is 52.9 Å². The van der Waals surface area contributed by atoms with Crippen LogP contribution in [-0.4, -0.2) is 37.2 Å². The average molecular weight is 391 g/mol. The molecule has 6 nitrogen and oxygen atoms in total. The van der Waals surface area contributed by atoms with E-state index >= 15 is 0 Å². The van der Waals surface area contributed by atoms with E-state index in [1.54, 1.807) is 0 Å². The van der Waals surface area contributed by atoms with Crippen molar-refractivity contribution in [1.29, 1.82) is 0 Å². The minimum atomic E-state index is -0.113. The fourth-order valence-corrected chi connectivity index (χ4v) is 3.42. The third-order valence-corrected chi connectivity index (χ3v) is 5.05. The number of morpholine rings is 1. The molecular formula is C23H25N3O3. The molecule has 0 saturated carbocycles. The van der Waals surface area contributed by atoms with Gasteiger partial charge in [0.1, 0.15) is 5.76 Å². The maximum Gasteiger partial charge on any atom is 0.230 e. The van der Waals surface area contributed by atoms with Crippen LogP contribution in [0.1, 0.15) is 17.0 Å². The van der Waals surface area contributed by atoms with E-state index in [2.05, 4.69) is 15.2 Å². The zero-order valence-electron chi connectivity index (χ0n) is 16.8. The van der Waals surface area contributed by atoms with E-state index in [-0.39, 0.29) is 12.3 Å². The van der Waals surface area contributed by atoms with Gasteiger partial charge in [-0.1, -0.05) is 29.8 Å². The summed E-state index contributed by atoms with van der Waals surface area (Å²) in [5.41, 5.74) is 4.56. The molecule has 0 atom stereocenters. The fourth-order valence-electron chi connectivity index (χ4n) is 3.42. The number of oxazole rings is 1. The van der Waals surface area contributed by atoms with Gasteiger partial charge in [0.2, 0.25) is 11.8 Å². The van der Waals surface area contributed by atoms with Crippen molar-refractivity contribution in [3.05, 3.63) is 65.5 Å². The molecular weight excluding hydrogens is 366 g/mol. The number of carbonyl (C=O) groups is 1. The molecule has 4 rings (SSSR count). The Bertz CT molecular complexity index is 989. The van der Waals surface area contributed by atoms with Gasteiger partial charge in [0.15, 0.2) is 0 Å². The van der Waals surface area contributed by atoms with Gasteiger partial charge in [-0.3, -0.25) is 4.79 Å². The lowest BCUT2D eigenvalue weighted by Crippen LogP contribution is -2.36. The molecule has 1 aliphatic rings. The summed E-state index contributed by atoms with van der Waals surface area (Å²) in [5, 5.41) is 3.04.